The molecule has 1 aliphatic heterocycles. The van der Waals surface area contributed by atoms with Gasteiger partial charge >= 0.3 is 0 Å². The van der Waals surface area contributed by atoms with Gasteiger partial charge in [-0.1, -0.05) is 50.2 Å². The summed E-state index contributed by atoms with van der Waals surface area (Å²) < 4.78 is 0. The SMILES string of the molecule is CN(Cc1ccccc1)CC(C)(C)CN1CCc2ccc(O)cc2CC1. The molecule has 2 aromatic carbocycles. The summed E-state index contributed by atoms with van der Waals surface area (Å²) in [6.45, 7) is 10.1. The van der Waals surface area contributed by atoms with Crippen LogP contribution in [0, 0.1) is 5.41 Å². The largest absolute Gasteiger partial charge is 0.508 e. The van der Waals surface area contributed by atoms with Crippen molar-refractivity contribution in [3.63, 3.8) is 0 Å². The second-order valence-corrected chi connectivity index (χ2v) is 8.55. The fourth-order valence-corrected chi connectivity index (χ4v) is 4.25. The number of aromatic hydroxyl groups is 1. The van der Waals surface area contributed by atoms with Crippen LogP contribution in [0.3, 0.4) is 0 Å². The average molecular weight is 353 g/mol. The summed E-state index contributed by atoms with van der Waals surface area (Å²) in [5.74, 6) is 0.389. The molecule has 0 radical (unpaired) electrons. The summed E-state index contributed by atoms with van der Waals surface area (Å²) in [5.41, 5.74) is 4.31. The van der Waals surface area contributed by atoms with Gasteiger partial charge in [-0.25, -0.2) is 0 Å². The smallest absolute Gasteiger partial charge is 0.115 e. The van der Waals surface area contributed by atoms with Crippen molar-refractivity contribution in [1.29, 1.82) is 0 Å². The van der Waals surface area contributed by atoms with Gasteiger partial charge in [0.2, 0.25) is 0 Å². The highest BCUT2D eigenvalue weighted by atomic mass is 16.3. The molecule has 0 spiro atoms. The van der Waals surface area contributed by atoms with Gasteiger partial charge in [0.05, 0.1) is 0 Å². The maximum absolute atomic E-state index is 9.73. The van der Waals surface area contributed by atoms with Crippen LogP contribution < -0.4 is 0 Å². The maximum atomic E-state index is 9.73. The molecular formula is C23H32N2O. The van der Waals surface area contributed by atoms with E-state index < -0.39 is 0 Å². The van der Waals surface area contributed by atoms with Gasteiger partial charge < -0.3 is 14.9 Å². The third-order valence-corrected chi connectivity index (χ3v) is 5.23. The molecule has 1 heterocycles. The molecule has 140 valence electrons. The Hall–Kier alpha value is -1.84. The first kappa shape index (κ1) is 18.9. The van der Waals surface area contributed by atoms with E-state index >= 15 is 0 Å². The second kappa shape index (κ2) is 8.24. The molecule has 0 aliphatic carbocycles. The van der Waals surface area contributed by atoms with Crippen LogP contribution in [0.2, 0.25) is 0 Å². The Bertz CT molecular complexity index is 711. The van der Waals surface area contributed by atoms with Gasteiger partial charge in [-0.05, 0) is 54.1 Å². The topological polar surface area (TPSA) is 26.7 Å². The number of phenols is 1. The Morgan fingerprint density at radius 3 is 2.42 bits per heavy atom. The van der Waals surface area contributed by atoms with Gasteiger partial charge in [-0.3, -0.25) is 0 Å². The molecule has 0 atom stereocenters. The van der Waals surface area contributed by atoms with E-state index in [-0.39, 0.29) is 5.41 Å². The van der Waals surface area contributed by atoms with Crippen molar-refractivity contribution in [1.82, 2.24) is 9.80 Å². The van der Waals surface area contributed by atoms with E-state index in [4.69, 9.17) is 0 Å². The molecule has 3 rings (SSSR count). The number of hydrogen-bond acceptors (Lipinski definition) is 3. The molecule has 0 saturated heterocycles. The maximum Gasteiger partial charge on any atom is 0.115 e. The zero-order chi connectivity index (χ0) is 18.6. The zero-order valence-corrected chi connectivity index (χ0v) is 16.4. The highest BCUT2D eigenvalue weighted by molar-refractivity contribution is 5.36. The first-order valence-electron chi connectivity index (χ1n) is 9.67. The van der Waals surface area contributed by atoms with E-state index in [2.05, 4.69) is 67.1 Å². The highest BCUT2D eigenvalue weighted by Gasteiger charge is 2.25. The van der Waals surface area contributed by atoms with Crippen LogP contribution in [0.15, 0.2) is 48.5 Å². The predicted octanol–water partition coefficient (Wildman–Crippen LogP) is 3.95. The van der Waals surface area contributed by atoms with E-state index in [0.717, 1.165) is 45.6 Å². The van der Waals surface area contributed by atoms with Crippen LogP contribution in [-0.4, -0.2) is 48.1 Å². The molecule has 0 bridgehead atoms. The molecule has 3 nitrogen and oxygen atoms in total. The van der Waals surface area contributed by atoms with Crippen molar-refractivity contribution >= 4 is 0 Å². The molecule has 0 amide bonds. The van der Waals surface area contributed by atoms with E-state index in [1.165, 1.54) is 16.7 Å². The Morgan fingerprint density at radius 2 is 1.69 bits per heavy atom. The van der Waals surface area contributed by atoms with Crippen LogP contribution in [0.4, 0.5) is 0 Å². The molecule has 0 unspecified atom stereocenters. The molecule has 1 N–H and O–H groups in total. The van der Waals surface area contributed by atoms with Gasteiger partial charge in [-0.2, -0.15) is 0 Å². The fraction of sp³-hybridized carbons (Fsp3) is 0.478. The number of benzene rings is 2. The highest BCUT2D eigenvalue weighted by Crippen LogP contribution is 2.24. The van der Waals surface area contributed by atoms with E-state index in [1.807, 2.05) is 12.1 Å². The Labute approximate surface area is 158 Å². The normalized spacial score (nSPS) is 15.7. The molecule has 3 heteroatoms. The van der Waals surface area contributed by atoms with Gasteiger partial charge in [0.15, 0.2) is 0 Å². The fourth-order valence-electron chi connectivity index (χ4n) is 4.25. The Balaban J connectivity index is 1.54. The van der Waals surface area contributed by atoms with Crippen molar-refractivity contribution in [3.8, 4) is 5.75 Å². The van der Waals surface area contributed by atoms with Crippen molar-refractivity contribution < 1.29 is 5.11 Å². The molecule has 0 saturated carbocycles. The number of rotatable bonds is 6. The number of hydrogen-bond donors (Lipinski definition) is 1. The van der Waals surface area contributed by atoms with Crippen LogP contribution in [0.5, 0.6) is 5.75 Å². The van der Waals surface area contributed by atoms with Gasteiger partial charge in [0, 0.05) is 32.7 Å². The standard InChI is InChI=1S/C23H32N2O/c1-23(2,17-24(3)16-19-7-5-4-6-8-19)18-25-13-11-20-9-10-22(26)15-21(20)12-14-25/h4-10,15,26H,11-14,16-18H2,1-3H3. The first-order valence-corrected chi connectivity index (χ1v) is 9.67. The minimum atomic E-state index is 0.238. The summed E-state index contributed by atoms with van der Waals surface area (Å²) in [6.07, 6.45) is 2.10. The van der Waals surface area contributed by atoms with Gasteiger partial charge in [-0.15, -0.1) is 0 Å². The minimum Gasteiger partial charge on any atom is -0.508 e. The quantitative estimate of drug-likeness (QED) is 0.853. The monoisotopic (exact) mass is 352 g/mol. The Kier molecular flexibility index (Phi) is 6.00. The molecular weight excluding hydrogens is 320 g/mol. The Morgan fingerprint density at radius 1 is 1.00 bits per heavy atom. The average Bonchev–Trinajstić information content (AvgIpc) is 2.77. The van der Waals surface area contributed by atoms with Crippen molar-refractivity contribution in [3.05, 3.63) is 65.2 Å². The van der Waals surface area contributed by atoms with Crippen molar-refractivity contribution in [2.24, 2.45) is 5.41 Å². The second-order valence-electron chi connectivity index (χ2n) is 8.55. The van der Waals surface area contributed by atoms with Crippen LogP contribution in [-0.2, 0) is 19.4 Å². The lowest BCUT2D eigenvalue weighted by molar-refractivity contribution is 0.133. The minimum absolute atomic E-state index is 0.238. The van der Waals surface area contributed by atoms with Crippen LogP contribution in [0.1, 0.15) is 30.5 Å². The third kappa shape index (κ3) is 5.33. The lowest BCUT2D eigenvalue weighted by Gasteiger charge is -2.35. The lowest BCUT2D eigenvalue weighted by Crippen LogP contribution is -2.42. The van der Waals surface area contributed by atoms with E-state index in [9.17, 15) is 5.11 Å². The van der Waals surface area contributed by atoms with E-state index in [0.29, 0.717) is 5.75 Å². The van der Waals surface area contributed by atoms with Crippen molar-refractivity contribution in [2.75, 3.05) is 33.2 Å². The van der Waals surface area contributed by atoms with Crippen LogP contribution in [0.25, 0.3) is 0 Å². The molecule has 0 fully saturated rings. The number of nitrogens with zero attached hydrogens (tertiary/aromatic N) is 2. The van der Waals surface area contributed by atoms with Crippen molar-refractivity contribution in [2.45, 2.75) is 33.2 Å². The zero-order valence-electron chi connectivity index (χ0n) is 16.4. The summed E-state index contributed by atoms with van der Waals surface area (Å²) in [7, 11) is 2.22. The molecule has 2 aromatic rings. The molecule has 26 heavy (non-hydrogen) atoms. The van der Waals surface area contributed by atoms with E-state index in [1.54, 1.807) is 0 Å². The molecule has 0 aromatic heterocycles. The molecule has 1 aliphatic rings. The number of fused-ring (bicyclic) bond motifs is 1. The first-order chi connectivity index (χ1) is 12.4. The summed E-state index contributed by atoms with van der Waals surface area (Å²) in [4.78, 5) is 5.02. The summed E-state index contributed by atoms with van der Waals surface area (Å²) in [5, 5.41) is 9.73. The predicted molar refractivity (Wildman–Crippen MR) is 109 cm³/mol. The van der Waals surface area contributed by atoms with Gasteiger partial charge in [0.1, 0.15) is 5.75 Å². The summed E-state index contributed by atoms with van der Waals surface area (Å²) >= 11 is 0. The number of phenolic OH excluding ortho intramolecular Hbond substituents is 1. The lowest BCUT2D eigenvalue weighted by atomic mass is 9.91. The summed E-state index contributed by atoms with van der Waals surface area (Å²) in [6, 6.07) is 16.5. The van der Waals surface area contributed by atoms with Crippen LogP contribution >= 0.6 is 0 Å². The van der Waals surface area contributed by atoms with Gasteiger partial charge in [0.25, 0.3) is 0 Å². The third-order valence-electron chi connectivity index (χ3n) is 5.23.